The molecule has 0 atom stereocenters. The third-order valence-corrected chi connectivity index (χ3v) is 5.57. The summed E-state index contributed by atoms with van der Waals surface area (Å²) in [6.45, 7) is 2.24. The standard InChI is InChI=1S/C25H40O4/c1-2-3-4-5-8-14-21-16-13-17-22(15-9-6-11-19-24(26)27)23(21)18-10-7-12-20-25(28)29/h13,16-17H,2-12,14-15,18-20H2,1H3,(H,26,27)(H,28,29). The Hall–Kier alpha value is -1.84. The molecule has 164 valence electrons. The molecule has 0 amide bonds. The van der Waals surface area contributed by atoms with Gasteiger partial charge >= 0.3 is 11.9 Å². The lowest BCUT2D eigenvalue weighted by Crippen LogP contribution is -2.02. The largest absolute Gasteiger partial charge is 0.481 e. The molecule has 0 bridgehead atoms. The maximum atomic E-state index is 10.7. The van der Waals surface area contributed by atoms with Crippen LogP contribution in [0.1, 0.15) is 107 Å². The summed E-state index contributed by atoms with van der Waals surface area (Å²) in [6, 6.07) is 6.66. The van der Waals surface area contributed by atoms with E-state index in [4.69, 9.17) is 10.2 Å². The van der Waals surface area contributed by atoms with E-state index in [1.807, 2.05) is 0 Å². The van der Waals surface area contributed by atoms with Gasteiger partial charge in [0.1, 0.15) is 0 Å². The van der Waals surface area contributed by atoms with Crippen molar-refractivity contribution in [3.8, 4) is 0 Å². The Kier molecular flexibility index (Phi) is 13.9. The Morgan fingerprint density at radius 2 is 1.10 bits per heavy atom. The van der Waals surface area contributed by atoms with E-state index in [0.29, 0.717) is 0 Å². The molecule has 4 nitrogen and oxygen atoms in total. The molecule has 0 saturated heterocycles. The Morgan fingerprint density at radius 3 is 1.59 bits per heavy atom. The average Bonchev–Trinajstić information content (AvgIpc) is 2.68. The van der Waals surface area contributed by atoms with E-state index in [0.717, 1.165) is 57.8 Å². The zero-order valence-corrected chi connectivity index (χ0v) is 18.3. The van der Waals surface area contributed by atoms with Gasteiger partial charge < -0.3 is 10.2 Å². The van der Waals surface area contributed by atoms with Crippen LogP contribution in [0.25, 0.3) is 0 Å². The van der Waals surface area contributed by atoms with Crippen LogP contribution in [0, 0.1) is 0 Å². The normalized spacial score (nSPS) is 10.9. The van der Waals surface area contributed by atoms with Crippen molar-refractivity contribution >= 4 is 11.9 Å². The SMILES string of the molecule is CCCCCCCc1cccc(CCCCCC(=O)O)c1CCCCCC(=O)O. The Balaban J connectivity index is 2.63. The summed E-state index contributed by atoms with van der Waals surface area (Å²) in [6.07, 6.45) is 15.5. The first kappa shape index (κ1) is 25.2. The highest BCUT2D eigenvalue weighted by Crippen LogP contribution is 2.23. The molecule has 0 unspecified atom stereocenters. The molecular weight excluding hydrogens is 364 g/mol. The molecule has 0 aliphatic carbocycles. The van der Waals surface area contributed by atoms with Gasteiger partial charge in [-0.15, -0.1) is 0 Å². The molecule has 0 heterocycles. The average molecular weight is 405 g/mol. The predicted molar refractivity (Wildman–Crippen MR) is 119 cm³/mol. The summed E-state index contributed by atoms with van der Waals surface area (Å²) in [5.41, 5.74) is 4.34. The maximum Gasteiger partial charge on any atom is 0.303 e. The van der Waals surface area contributed by atoms with Crippen LogP contribution >= 0.6 is 0 Å². The number of carbonyl (C=O) groups is 2. The highest BCUT2D eigenvalue weighted by atomic mass is 16.4. The van der Waals surface area contributed by atoms with E-state index in [9.17, 15) is 9.59 Å². The molecule has 0 aromatic heterocycles. The van der Waals surface area contributed by atoms with E-state index >= 15 is 0 Å². The fraction of sp³-hybridized carbons (Fsp3) is 0.680. The van der Waals surface area contributed by atoms with Gasteiger partial charge in [-0.05, 0) is 68.1 Å². The maximum absolute atomic E-state index is 10.7. The monoisotopic (exact) mass is 404 g/mol. The number of aryl methyl sites for hydroxylation is 2. The van der Waals surface area contributed by atoms with Gasteiger partial charge in [0.25, 0.3) is 0 Å². The second kappa shape index (κ2) is 16.0. The first-order valence-corrected chi connectivity index (χ1v) is 11.6. The Bertz CT molecular complexity index is 594. The molecular formula is C25H40O4. The summed E-state index contributed by atoms with van der Waals surface area (Å²) < 4.78 is 0. The Morgan fingerprint density at radius 1 is 0.655 bits per heavy atom. The topological polar surface area (TPSA) is 74.6 Å². The van der Waals surface area contributed by atoms with Crippen LogP contribution in [0.3, 0.4) is 0 Å². The molecule has 4 heteroatoms. The smallest absolute Gasteiger partial charge is 0.303 e. The number of unbranched alkanes of at least 4 members (excludes halogenated alkanes) is 8. The van der Waals surface area contributed by atoms with Crippen molar-refractivity contribution in [2.75, 3.05) is 0 Å². The fourth-order valence-electron chi connectivity index (χ4n) is 3.92. The van der Waals surface area contributed by atoms with Gasteiger partial charge in [0.2, 0.25) is 0 Å². The lowest BCUT2D eigenvalue weighted by molar-refractivity contribution is -0.138. The summed E-state index contributed by atoms with van der Waals surface area (Å²) in [7, 11) is 0. The molecule has 0 aliphatic rings. The van der Waals surface area contributed by atoms with Crippen LogP contribution in [0.5, 0.6) is 0 Å². The third-order valence-electron chi connectivity index (χ3n) is 5.57. The molecule has 1 aromatic rings. The van der Waals surface area contributed by atoms with Gasteiger partial charge in [-0.1, -0.05) is 63.6 Å². The number of benzene rings is 1. The van der Waals surface area contributed by atoms with Gasteiger partial charge in [-0.3, -0.25) is 9.59 Å². The highest BCUT2D eigenvalue weighted by Gasteiger charge is 2.09. The summed E-state index contributed by atoms with van der Waals surface area (Å²) in [5, 5.41) is 17.6. The number of aliphatic carboxylic acids is 2. The van der Waals surface area contributed by atoms with Crippen molar-refractivity contribution in [3.63, 3.8) is 0 Å². The van der Waals surface area contributed by atoms with Crippen LogP contribution in [-0.2, 0) is 28.9 Å². The second-order valence-electron chi connectivity index (χ2n) is 8.13. The van der Waals surface area contributed by atoms with Gasteiger partial charge in [0.05, 0.1) is 0 Å². The van der Waals surface area contributed by atoms with Crippen molar-refractivity contribution in [1.82, 2.24) is 0 Å². The van der Waals surface area contributed by atoms with Crippen molar-refractivity contribution in [2.24, 2.45) is 0 Å². The van der Waals surface area contributed by atoms with Crippen LogP contribution in [0.2, 0.25) is 0 Å². The number of hydrogen-bond donors (Lipinski definition) is 2. The zero-order valence-electron chi connectivity index (χ0n) is 18.3. The van der Waals surface area contributed by atoms with E-state index in [1.165, 1.54) is 48.8 Å². The van der Waals surface area contributed by atoms with E-state index in [2.05, 4.69) is 25.1 Å². The third kappa shape index (κ3) is 12.4. The van der Waals surface area contributed by atoms with E-state index < -0.39 is 11.9 Å². The second-order valence-corrected chi connectivity index (χ2v) is 8.13. The highest BCUT2D eigenvalue weighted by molar-refractivity contribution is 5.66. The van der Waals surface area contributed by atoms with Gasteiger partial charge in [0, 0.05) is 12.8 Å². The first-order valence-electron chi connectivity index (χ1n) is 11.6. The molecule has 29 heavy (non-hydrogen) atoms. The molecule has 0 saturated carbocycles. The van der Waals surface area contributed by atoms with Crippen molar-refractivity contribution in [2.45, 2.75) is 110 Å². The molecule has 1 rings (SSSR count). The lowest BCUT2D eigenvalue weighted by atomic mass is 9.90. The molecule has 0 fully saturated rings. The fourth-order valence-corrected chi connectivity index (χ4v) is 3.92. The molecule has 0 radical (unpaired) electrons. The van der Waals surface area contributed by atoms with Gasteiger partial charge in [0.15, 0.2) is 0 Å². The van der Waals surface area contributed by atoms with Crippen molar-refractivity contribution in [1.29, 1.82) is 0 Å². The molecule has 1 aromatic carbocycles. The van der Waals surface area contributed by atoms with Crippen LogP contribution in [-0.4, -0.2) is 22.2 Å². The minimum absolute atomic E-state index is 0.258. The molecule has 2 N–H and O–H groups in total. The lowest BCUT2D eigenvalue weighted by Gasteiger charge is -2.15. The number of carboxylic acids is 2. The first-order chi connectivity index (χ1) is 14.0. The summed E-state index contributed by atoms with van der Waals surface area (Å²) >= 11 is 0. The predicted octanol–water partition coefficient (Wildman–Crippen LogP) is 6.57. The van der Waals surface area contributed by atoms with Crippen molar-refractivity contribution < 1.29 is 19.8 Å². The minimum atomic E-state index is -0.711. The van der Waals surface area contributed by atoms with E-state index in [1.54, 1.807) is 0 Å². The quantitative estimate of drug-likeness (QED) is 0.271. The van der Waals surface area contributed by atoms with Crippen LogP contribution < -0.4 is 0 Å². The summed E-state index contributed by atoms with van der Waals surface area (Å²) in [5.74, 6) is -1.42. The Labute approximate surface area is 176 Å². The number of rotatable bonds is 18. The zero-order chi connectivity index (χ0) is 21.3. The van der Waals surface area contributed by atoms with Crippen LogP contribution in [0.15, 0.2) is 18.2 Å². The van der Waals surface area contributed by atoms with Crippen LogP contribution in [0.4, 0.5) is 0 Å². The summed E-state index contributed by atoms with van der Waals surface area (Å²) in [4.78, 5) is 21.4. The van der Waals surface area contributed by atoms with Gasteiger partial charge in [-0.2, -0.15) is 0 Å². The number of hydrogen-bond acceptors (Lipinski definition) is 2. The molecule has 0 aliphatic heterocycles. The minimum Gasteiger partial charge on any atom is -0.481 e. The molecule has 0 spiro atoms. The van der Waals surface area contributed by atoms with Gasteiger partial charge in [-0.25, -0.2) is 0 Å². The number of carboxylic acid groups (broad SMARTS) is 2. The van der Waals surface area contributed by atoms with Crippen molar-refractivity contribution in [3.05, 3.63) is 34.9 Å². The van der Waals surface area contributed by atoms with E-state index in [-0.39, 0.29) is 12.8 Å².